The number of nitrogens with one attached hydrogen (secondary N) is 1. The van der Waals surface area contributed by atoms with Crippen molar-refractivity contribution >= 4 is 11.6 Å². The second-order valence-electron chi connectivity index (χ2n) is 4.01. The van der Waals surface area contributed by atoms with Crippen molar-refractivity contribution in [3.63, 3.8) is 0 Å². The fraction of sp³-hybridized carbons (Fsp3) is 1.00. The van der Waals surface area contributed by atoms with E-state index in [4.69, 9.17) is 21.1 Å². The van der Waals surface area contributed by atoms with E-state index in [0.29, 0.717) is 24.7 Å². The molecule has 0 aromatic carbocycles. The van der Waals surface area contributed by atoms with Gasteiger partial charge in [-0.2, -0.15) is 0 Å². The Labute approximate surface area is 97.5 Å². The van der Waals surface area contributed by atoms with Crippen LogP contribution in [0.4, 0.5) is 0 Å². The van der Waals surface area contributed by atoms with Crippen LogP contribution in [0.25, 0.3) is 0 Å². The van der Waals surface area contributed by atoms with Crippen LogP contribution in [0.2, 0.25) is 0 Å². The van der Waals surface area contributed by atoms with E-state index in [2.05, 4.69) is 12.2 Å². The average molecular weight is 236 g/mol. The molecule has 0 spiro atoms. The molecule has 1 saturated heterocycles. The molecule has 0 aromatic heterocycles. The summed E-state index contributed by atoms with van der Waals surface area (Å²) in [7, 11) is 0. The van der Waals surface area contributed by atoms with E-state index in [1.165, 1.54) is 12.8 Å². The summed E-state index contributed by atoms with van der Waals surface area (Å²) in [5.41, 5.74) is 0. The number of alkyl halides is 1. The maximum Gasteiger partial charge on any atom is 0.0704 e. The molecule has 1 aliphatic heterocycles. The zero-order chi connectivity index (χ0) is 10.9. The van der Waals surface area contributed by atoms with Crippen molar-refractivity contribution in [3.05, 3.63) is 0 Å². The van der Waals surface area contributed by atoms with Crippen molar-refractivity contribution in [2.45, 2.75) is 38.4 Å². The number of hydrogen-bond donors (Lipinski definition) is 1. The Morgan fingerprint density at radius 3 is 2.93 bits per heavy atom. The van der Waals surface area contributed by atoms with Crippen LogP contribution in [0.3, 0.4) is 0 Å². The molecule has 1 aliphatic rings. The van der Waals surface area contributed by atoms with Crippen LogP contribution >= 0.6 is 11.6 Å². The first-order valence-corrected chi connectivity index (χ1v) is 6.36. The van der Waals surface area contributed by atoms with Gasteiger partial charge < -0.3 is 14.8 Å². The molecule has 90 valence electrons. The van der Waals surface area contributed by atoms with Crippen LogP contribution in [0.1, 0.15) is 26.2 Å². The standard InChI is InChI=1S/C11H22ClNO2/c1-10-3-4-11(15-10)9-13-6-2-7-14-8-5-12/h10-11,13H,2-9H2,1H3. The third-order valence-electron chi connectivity index (χ3n) is 2.56. The van der Waals surface area contributed by atoms with Crippen LogP contribution in [-0.2, 0) is 9.47 Å². The van der Waals surface area contributed by atoms with Gasteiger partial charge in [-0.05, 0) is 32.7 Å². The molecular formula is C11H22ClNO2. The first kappa shape index (κ1) is 13.2. The molecule has 1 heterocycles. The lowest BCUT2D eigenvalue weighted by molar-refractivity contribution is 0.0556. The molecule has 3 nitrogen and oxygen atoms in total. The van der Waals surface area contributed by atoms with Gasteiger partial charge in [0.25, 0.3) is 0 Å². The molecule has 0 saturated carbocycles. The van der Waals surface area contributed by atoms with Gasteiger partial charge in [0.15, 0.2) is 0 Å². The van der Waals surface area contributed by atoms with Gasteiger partial charge >= 0.3 is 0 Å². The van der Waals surface area contributed by atoms with Crippen molar-refractivity contribution in [2.24, 2.45) is 0 Å². The second kappa shape index (κ2) is 8.34. The van der Waals surface area contributed by atoms with Gasteiger partial charge in [-0.1, -0.05) is 0 Å². The Balaban J connectivity index is 1.81. The molecule has 0 bridgehead atoms. The second-order valence-corrected chi connectivity index (χ2v) is 4.38. The molecule has 2 atom stereocenters. The number of ether oxygens (including phenoxy) is 2. The molecule has 0 amide bonds. The van der Waals surface area contributed by atoms with Gasteiger partial charge in [0.05, 0.1) is 18.8 Å². The van der Waals surface area contributed by atoms with Crippen LogP contribution in [0.5, 0.6) is 0 Å². The van der Waals surface area contributed by atoms with E-state index >= 15 is 0 Å². The van der Waals surface area contributed by atoms with Crippen LogP contribution < -0.4 is 5.32 Å². The largest absolute Gasteiger partial charge is 0.380 e. The summed E-state index contributed by atoms with van der Waals surface area (Å²) in [6.07, 6.45) is 4.30. The molecule has 1 rings (SSSR count). The minimum Gasteiger partial charge on any atom is -0.380 e. The van der Waals surface area contributed by atoms with Crippen LogP contribution in [0, 0.1) is 0 Å². The topological polar surface area (TPSA) is 30.5 Å². The Morgan fingerprint density at radius 1 is 1.40 bits per heavy atom. The number of rotatable bonds is 8. The average Bonchev–Trinajstić information content (AvgIpc) is 2.63. The maximum absolute atomic E-state index is 5.70. The van der Waals surface area contributed by atoms with Gasteiger partial charge in [-0.3, -0.25) is 0 Å². The maximum atomic E-state index is 5.70. The van der Waals surface area contributed by atoms with E-state index in [1.807, 2.05) is 0 Å². The Bertz CT molecular complexity index is 158. The zero-order valence-electron chi connectivity index (χ0n) is 9.51. The Hall–Kier alpha value is 0.170. The van der Waals surface area contributed by atoms with Crippen molar-refractivity contribution in [1.82, 2.24) is 5.32 Å². The molecule has 1 N–H and O–H groups in total. The van der Waals surface area contributed by atoms with E-state index < -0.39 is 0 Å². The SMILES string of the molecule is CC1CCC(CNCCCOCCCl)O1. The lowest BCUT2D eigenvalue weighted by atomic mass is 10.2. The zero-order valence-corrected chi connectivity index (χ0v) is 10.3. The molecule has 4 heteroatoms. The summed E-state index contributed by atoms with van der Waals surface area (Å²) in [6, 6.07) is 0. The quantitative estimate of drug-likeness (QED) is 0.514. The highest BCUT2D eigenvalue weighted by molar-refractivity contribution is 6.17. The minimum atomic E-state index is 0.420. The molecule has 15 heavy (non-hydrogen) atoms. The highest BCUT2D eigenvalue weighted by Crippen LogP contribution is 2.17. The highest BCUT2D eigenvalue weighted by atomic mass is 35.5. The van der Waals surface area contributed by atoms with E-state index in [0.717, 1.165) is 26.1 Å². The highest BCUT2D eigenvalue weighted by Gasteiger charge is 2.20. The fourth-order valence-corrected chi connectivity index (χ4v) is 1.86. The summed E-state index contributed by atoms with van der Waals surface area (Å²) in [6.45, 7) is 5.56. The lowest BCUT2D eigenvalue weighted by Gasteiger charge is -2.12. The summed E-state index contributed by atoms with van der Waals surface area (Å²) >= 11 is 5.48. The molecule has 0 radical (unpaired) electrons. The van der Waals surface area contributed by atoms with Crippen LogP contribution in [0.15, 0.2) is 0 Å². The predicted molar refractivity (Wildman–Crippen MR) is 62.6 cm³/mol. The first-order valence-electron chi connectivity index (χ1n) is 5.83. The third kappa shape index (κ3) is 6.36. The normalized spacial score (nSPS) is 26.0. The number of hydrogen-bond acceptors (Lipinski definition) is 3. The lowest BCUT2D eigenvalue weighted by Crippen LogP contribution is -2.28. The first-order chi connectivity index (χ1) is 7.33. The van der Waals surface area contributed by atoms with Crippen LogP contribution in [-0.4, -0.2) is 44.4 Å². The predicted octanol–water partition coefficient (Wildman–Crippen LogP) is 1.79. The molecule has 0 aromatic rings. The van der Waals surface area contributed by atoms with Gasteiger partial charge in [0.2, 0.25) is 0 Å². The molecular weight excluding hydrogens is 214 g/mol. The Kier molecular flexibility index (Phi) is 7.36. The van der Waals surface area contributed by atoms with Gasteiger partial charge in [-0.15, -0.1) is 11.6 Å². The van der Waals surface area contributed by atoms with E-state index in [1.54, 1.807) is 0 Å². The summed E-state index contributed by atoms with van der Waals surface area (Å²) in [5, 5.41) is 3.39. The van der Waals surface area contributed by atoms with Crippen molar-refractivity contribution in [3.8, 4) is 0 Å². The summed E-state index contributed by atoms with van der Waals surface area (Å²) < 4.78 is 11.0. The molecule has 1 fully saturated rings. The smallest absolute Gasteiger partial charge is 0.0704 e. The fourth-order valence-electron chi connectivity index (χ4n) is 1.75. The summed E-state index contributed by atoms with van der Waals surface area (Å²) in [4.78, 5) is 0. The van der Waals surface area contributed by atoms with E-state index in [-0.39, 0.29) is 0 Å². The monoisotopic (exact) mass is 235 g/mol. The van der Waals surface area contributed by atoms with Crippen molar-refractivity contribution < 1.29 is 9.47 Å². The van der Waals surface area contributed by atoms with Gasteiger partial charge in [-0.25, -0.2) is 0 Å². The van der Waals surface area contributed by atoms with Crippen molar-refractivity contribution in [1.29, 1.82) is 0 Å². The minimum absolute atomic E-state index is 0.420. The molecule has 0 aliphatic carbocycles. The Morgan fingerprint density at radius 2 is 2.27 bits per heavy atom. The van der Waals surface area contributed by atoms with Gasteiger partial charge in [0, 0.05) is 19.0 Å². The third-order valence-corrected chi connectivity index (χ3v) is 2.71. The van der Waals surface area contributed by atoms with E-state index in [9.17, 15) is 0 Å². The summed E-state index contributed by atoms with van der Waals surface area (Å²) in [5.74, 6) is 0.585. The van der Waals surface area contributed by atoms with Crippen molar-refractivity contribution in [2.75, 3.05) is 32.2 Å². The number of halogens is 1. The van der Waals surface area contributed by atoms with Gasteiger partial charge in [0.1, 0.15) is 0 Å². The molecule has 2 unspecified atom stereocenters.